The number of carbonyl (C=O) groups excluding carboxylic acids is 1. The van der Waals surface area contributed by atoms with Crippen molar-refractivity contribution in [1.82, 2.24) is 9.21 Å². The molecule has 0 saturated carbocycles. The van der Waals surface area contributed by atoms with E-state index in [1.807, 2.05) is 0 Å². The van der Waals surface area contributed by atoms with Crippen molar-refractivity contribution in [2.24, 2.45) is 0 Å². The van der Waals surface area contributed by atoms with E-state index in [0.29, 0.717) is 16.5 Å². The summed E-state index contributed by atoms with van der Waals surface area (Å²) in [5.74, 6) is -0.904. The number of amides is 1. The van der Waals surface area contributed by atoms with Gasteiger partial charge in [0.15, 0.2) is 0 Å². The van der Waals surface area contributed by atoms with E-state index >= 15 is 0 Å². The summed E-state index contributed by atoms with van der Waals surface area (Å²) in [4.78, 5) is 14.2. The van der Waals surface area contributed by atoms with Gasteiger partial charge < -0.3 is 26.6 Å². The number of aromatic hydroxyl groups is 2. The first-order valence-corrected chi connectivity index (χ1v) is 11.0. The van der Waals surface area contributed by atoms with E-state index in [4.69, 9.17) is 11.5 Å². The zero-order valence-corrected chi connectivity index (χ0v) is 17.3. The summed E-state index contributed by atoms with van der Waals surface area (Å²) in [6.07, 6.45) is 0. The quantitative estimate of drug-likeness (QED) is 0.273. The van der Waals surface area contributed by atoms with E-state index in [2.05, 4.69) is 0 Å². The maximum Gasteiger partial charge on any atom is 0.257 e. The second kappa shape index (κ2) is 7.64. The van der Waals surface area contributed by atoms with Crippen LogP contribution in [0.1, 0.15) is 10.4 Å². The smallest absolute Gasteiger partial charge is 0.257 e. The predicted molar refractivity (Wildman–Crippen MR) is 117 cm³/mol. The molecule has 0 bridgehead atoms. The minimum atomic E-state index is -3.95. The fraction of sp³-hybridized carbons (Fsp3) is 0.190. The molecule has 4 rings (SSSR count). The normalized spacial score (nSPS) is 15.3. The molecule has 0 spiro atoms. The maximum atomic E-state index is 13.3. The van der Waals surface area contributed by atoms with Gasteiger partial charge in [0.05, 0.1) is 16.1 Å². The minimum absolute atomic E-state index is 0.0388. The molecule has 9 nitrogen and oxygen atoms in total. The monoisotopic (exact) mass is 442 g/mol. The van der Waals surface area contributed by atoms with E-state index in [9.17, 15) is 23.4 Å². The second-order valence-corrected chi connectivity index (χ2v) is 9.23. The van der Waals surface area contributed by atoms with Crippen LogP contribution in [0.2, 0.25) is 0 Å². The molecule has 1 heterocycles. The minimum Gasteiger partial charge on any atom is -0.507 e. The summed E-state index contributed by atoms with van der Waals surface area (Å²) in [5.41, 5.74) is 12.2. The first kappa shape index (κ1) is 20.8. The number of hydrogen-bond acceptors (Lipinski definition) is 7. The van der Waals surface area contributed by atoms with Crippen LogP contribution in [0.5, 0.6) is 11.5 Å². The first-order valence-electron chi connectivity index (χ1n) is 9.58. The molecule has 1 amide bonds. The SMILES string of the molecule is Nc1ccc(O)c(C(=O)N2CCN(S(=O)(=O)c3cc(O)c(N)c4ccccc34)CC2)c1. The van der Waals surface area contributed by atoms with Gasteiger partial charge in [0.2, 0.25) is 10.0 Å². The molecule has 1 fully saturated rings. The lowest BCUT2D eigenvalue weighted by atomic mass is 10.1. The van der Waals surface area contributed by atoms with Crippen molar-refractivity contribution in [3.05, 3.63) is 54.1 Å². The van der Waals surface area contributed by atoms with E-state index in [1.54, 1.807) is 24.3 Å². The number of benzene rings is 3. The Hall–Kier alpha value is -3.50. The standard InChI is InChI=1S/C21H22N4O5S/c22-13-5-6-17(26)16(11-13)21(28)24-7-9-25(10-8-24)31(29,30)19-12-18(27)20(23)15-4-2-1-3-14(15)19/h1-6,11-12,26-27H,7-10,22-23H2. The van der Waals surface area contributed by atoms with Crippen LogP contribution >= 0.6 is 0 Å². The molecule has 0 radical (unpaired) electrons. The summed E-state index contributed by atoms with van der Waals surface area (Å²) < 4.78 is 27.9. The lowest BCUT2D eigenvalue weighted by molar-refractivity contribution is 0.0695. The highest BCUT2D eigenvalue weighted by molar-refractivity contribution is 7.89. The van der Waals surface area contributed by atoms with Crippen molar-refractivity contribution < 1.29 is 23.4 Å². The third kappa shape index (κ3) is 3.60. The molecule has 6 N–H and O–H groups in total. The first-order chi connectivity index (χ1) is 14.7. The number of anilines is 2. The Morgan fingerprint density at radius 2 is 1.52 bits per heavy atom. The number of rotatable bonds is 3. The fourth-order valence-corrected chi connectivity index (χ4v) is 5.37. The number of hydrogen-bond donors (Lipinski definition) is 4. The van der Waals surface area contributed by atoms with Gasteiger partial charge in [-0.25, -0.2) is 8.42 Å². The summed E-state index contributed by atoms with van der Waals surface area (Å²) in [6, 6.07) is 12.1. The zero-order valence-electron chi connectivity index (χ0n) is 16.5. The molecule has 0 aliphatic carbocycles. The van der Waals surface area contributed by atoms with Crippen LogP contribution in [0.15, 0.2) is 53.4 Å². The van der Waals surface area contributed by atoms with Crippen LogP contribution in [0.4, 0.5) is 11.4 Å². The molecule has 1 aliphatic rings. The molecular formula is C21H22N4O5S. The van der Waals surface area contributed by atoms with Crippen molar-refractivity contribution in [2.75, 3.05) is 37.6 Å². The average molecular weight is 442 g/mol. The highest BCUT2D eigenvalue weighted by Crippen LogP contribution is 2.36. The molecule has 162 valence electrons. The number of piperazine rings is 1. The number of fused-ring (bicyclic) bond motifs is 1. The van der Waals surface area contributed by atoms with E-state index in [-0.39, 0.29) is 53.8 Å². The fourth-order valence-electron chi connectivity index (χ4n) is 3.73. The van der Waals surface area contributed by atoms with Gasteiger partial charge in [-0.3, -0.25) is 4.79 Å². The molecule has 1 saturated heterocycles. The Morgan fingerprint density at radius 1 is 0.871 bits per heavy atom. The maximum absolute atomic E-state index is 13.3. The number of phenols is 2. The third-order valence-electron chi connectivity index (χ3n) is 5.42. The lowest BCUT2D eigenvalue weighted by Gasteiger charge is -2.34. The Labute approximate surface area is 179 Å². The van der Waals surface area contributed by atoms with Gasteiger partial charge in [-0.05, 0) is 18.2 Å². The van der Waals surface area contributed by atoms with Gasteiger partial charge in [0.25, 0.3) is 5.91 Å². The molecule has 3 aromatic carbocycles. The second-order valence-electron chi connectivity index (χ2n) is 7.33. The molecular weight excluding hydrogens is 420 g/mol. The van der Waals surface area contributed by atoms with Crippen LogP contribution in [0, 0.1) is 0 Å². The molecule has 1 aliphatic heterocycles. The Morgan fingerprint density at radius 3 is 2.19 bits per heavy atom. The molecule has 0 atom stereocenters. The van der Waals surface area contributed by atoms with Crippen LogP contribution in [0.3, 0.4) is 0 Å². The summed E-state index contributed by atoms with van der Waals surface area (Å²) >= 11 is 0. The van der Waals surface area contributed by atoms with Crippen molar-refractivity contribution in [2.45, 2.75) is 4.90 Å². The molecule has 0 aromatic heterocycles. The van der Waals surface area contributed by atoms with Gasteiger partial charge in [-0.1, -0.05) is 24.3 Å². The lowest BCUT2D eigenvalue weighted by Crippen LogP contribution is -2.50. The number of nitrogen functional groups attached to an aromatic ring is 2. The van der Waals surface area contributed by atoms with Gasteiger partial charge >= 0.3 is 0 Å². The van der Waals surface area contributed by atoms with Gasteiger partial charge in [-0.2, -0.15) is 4.31 Å². The largest absolute Gasteiger partial charge is 0.507 e. The number of nitrogens with two attached hydrogens (primary N) is 2. The Kier molecular flexibility index (Phi) is 5.11. The average Bonchev–Trinajstić information content (AvgIpc) is 2.77. The number of phenolic OH excluding ortho intramolecular Hbond substituents is 2. The van der Waals surface area contributed by atoms with Gasteiger partial charge in [0.1, 0.15) is 11.5 Å². The van der Waals surface area contributed by atoms with E-state index in [0.717, 1.165) is 6.07 Å². The highest BCUT2D eigenvalue weighted by Gasteiger charge is 2.32. The third-order valence-corrected chi connectivity index (χ3v) is 7.36. The number of carbonyl (C=O) groups is 1. The van der Waals surface area contributed by atoms with Crippen LogP contribution in [0.25, 0.3) is 10.8 Å². The number of nitrogens with zero attached hydrogens (tertiary/aromatic N) is 2. The van der Waals surface area contributed by atoms with Crippen molar-refractivity contribution in [3.63, 3.8) is 0 Å². The zero-order chi connectivity index (χ0) is 22.3. The number of sulfonamides is 1. The molecule has 31 heavy (non-hydrogen) atoms. The molecule has 3 aromatic rings. The van der Waals surface area contributed by atoms with E-state index in [1.165, 1.54) is 27.4 Å². The van der Waals surface area contributed by atoms with Crippen LogP contribution < -0.4 is 11.5 Å². The summed E-state index contributed by atoms with van der Waals surface area (Å²) in [5, 5.41) is 21.0. The Bertz CT molecular complexity index is 1280. The Balaban J connectivity index is 1.59. The van der Waals surface area contributed by atoms with E-state index < -0.39 is 15.9 Å². The van der Waals surface area contributed by atoms with Crippen molar-refractivity contribution in [3.8, 4) is 11.5 Å². The summed E-state index contributed by atoms with van der Waals surface area (Å²) in [7, 11) is -3.95. The van der Waals surface area contributed by atoms with Crippen molar-refractivity contribution >= 4 is 38.1 Å². The molecule has 0 unspecified atom stereocenters. The van der Waals surface area contributed by atoms with Gasteiger partial charge in [0, 0.05) is 48.7 Å². The van der Waals surface area contributed by atoms with Crippen LogP contribution in [-0.2, 0) is 10.0 Å². The van der Waals surface area contributed by atoms with Crippen molar-refractivity contribution in [1.29, 1.82) is 0 Å². The highest BCUT2D eigenvalue weighted by atomic mass is 32.2. The summed E-state index contributed by atoms with van der Waals surface area (Å²) in [6.45, 7) is 0.420. The topological polar surface area (TPSA) is 150 Å². The predicted octanol–water partition coefficient (Wildman–Crippen LogP) is 1.56. The molecule has 10 heteroatoms. The van der Waals surface area contributed by atoms with Crippen LogP contribution in [-0.4, -0.2) is 59.9 Å². The van der Waals surface area contributed by atoms with Gasteiger partial charge in [-0.15, -0.1) is 0 Å².